The largest absolute Gasteiger partial charge is 0.309 e. The normalized spacial score (nSPS) is 11.9. The fourth-order valence-corrected chi connectivity index (χ4v) is 9.26. The van der Waals surface area contributed by atoms with Crippen molar-refractivity contribution in [1.29, 1.82) is 0 Å². The van der Waals surface area contributed by atoms with E-state index in [0.717, 1.165) is 33.8 Å². The van der Waals surface area contributed by atoms with Crippen LogP contribution in [0.5, 0.6) is 0 Å². The second kappa shape index (κ2) is 11.0. The molecule has 0 unspecified atom stereocenters. The molecule has 0 aliphatic heterocycles. The van der Waals surface area contributed by atoms with Crippen LogP contribution in [0.25, 0.3) is 97.7 Å². The molecule has 3 nitrogen and oxygen atoms in total. The van der Waals surface area contributed by atoms with Gasteiger partial charge >= 0.3 is 0 Å². The van der Waals surface area contributed by atoms with Gasteiger partial charge in [0, 0.05) is 47.9 Å². The van der Waals surface area contributed by atoms with Gasteiger partial charge in [0.25, 0.3) is 0 Å². The van der Waals surface area contributed by atoms with Gasteiger partial charge in [0.1, 0.15) is 5.82 Å². The third kappa shape index (κ3) is 4.27. The van der Waals surface area contributed by atoms with Crippen molar-refractivity contribution < 1.29 is 0 Å². The van der Waals surface area contributed by atoms with Gasteiger partial charge in [-0.05, 0) is 88.6 Å². The van der Waals surface area contributed by atoms with Crippen molar-refractivity contribution >= 4 is 75.1 Å². The summed E-state index contributed by atoms with van der Waals surface area (Å²) in [7, 11) is 0. The van der Waals surface area contributed by atoms with Crippen LogP contribution in [0.4, 0.5) is 0 Å². The van der Waals surface area contributed by atoms with Crippen molar-refractivity contribution in [3.8, 4) is 33.9 Å². The molecular formula is C47H29N3S. The molecule has 11 aromatic rings. The molecule has 3 aromatic heterocycles. The minimum Gasteiger partial charge on any atom is -0.309 e. The van der Waals surface area contributed by atoms with Crippen LogP contribution in [-0.2, 0) is 0 Å². The SMILES string of the molecule is c1ccc(-n2c(-c3ccc(-n4c5cc(-c6cccc7c6sc6ccccc67)ccc5c5c6ccccc6ccc54)cc3)nc3ccccc32)cc1. The number of hydrogen-bond donors (Lipinski definition) is 0. The summed E-state index contributed by atoms with van der Waals surface area (Å²) in [6.07, 6.45) is 0. The van der Waals surface area contributed by atoms with Crippen LogP contribution >= 0.6 is 11.3 Å². The molecule has 0 spiro atoms. The number of imidazole rings is 1. The van der Waals surface area contributed by atoms with E-state index in [1.807, 2.05) is 11.3 Å². The molecule has 3 heterocycles. The second-order valence-corrected chi connectivity index (χ2v) is 14.2. The molecule has 0 radical (unpaired) electrons. The Morgan fingerprint density at radius 3 is 2.06 bits per heavy atom. The maximum Gasteiger partial charge on any atom is 0.145 e. The lowest BCUT2D eigenvalue weighted by Crippen LogP contribution is -1.98. The number of fused-ring (bicyclic) bond motifs is 9. The minimum absolute atomic E-state index is 0.931. The van der Waals surface area contributed by atoms with Gasteiger partial charge in [0.2, 0.25) is 0 Å². The summed E-state index contributed by atoms with van der Waals surface area (Å²) in [5.41, 5.74) is 10.3. The van der Waals surface area contributed by atoms with E-state index in [4.69, 9.17) is 4.98 Å². The summed E-state index contributed by atoms with van der Waals surface area (Å²) in [5.74, 6) is 0.931. The Labute approximate surface area is 297 Å². The molecule has 51 heavy (non-hydrogen) atoms. The lowest BCUT2D eigenvalue weighted by Gasteiger charge is -2.12. The monoisotopic (exact) mass is 667 g/mol. The first-order chi connectivity index (χ1) is 25.3. The Balaban J connectivity index is 1.14. The van der Waals surface area contributed by atoms with Gasteiger partial charge in [0.15, 0.2) is 0 Å². The highest BCUT2D eigenvalue weighted by molar-refractivity contribution is 7.26. The molecule has 4 heteroatoms. The number of rotatable bonds is 4. The molecule has 0 fully saturated rings. The fourth-order valence-electron chi connectivity index (χ4n) is 8.03. The topological polar surface area (TPSA) is 22.8 Å². The number of benzene rings is 8. The predicted octanol–water partition coefficient (Wildman–Crippen LogP) is 13.0. The van der Waals surface area contributed by atoms with Crippen LogP contribution in [0.1, 0.15) is 0 Å². The Kier molecular flexibility index (Phi) is 6.12. The Morgan fingerprint density at radius 1 is 0.431 bits per heavy atom. The Hall–Kier alpha value is -6.49. The summed E-state index contributed by atoms with van der Waals surface area (Å²) >= 11 is 1.88. The summed E-state index contributed by atoms with van der Waals surface area (Å²) in [4.78, 5) is 5.13. The first-order valence-corrected chi connectivity index (χ1v) is 18.1. The van der Waals surface area contributed by atoms with Crippen LogP contribution in [0.15, 0.2) is 176 Å². The third-order valence-electron chi connectivity index (χ3n) is 10.3. The molecule has 0 aliphatic rings. The number of hydrogen-bond acceptors (Lipinski definition) is 2. The van der Waals surface area contributed by atoms with Gasteiger partial charge < -0.3 is 4.57 Å². The summed E-state index contributed by atoms with van der Waals surface area (Å²) in [6, 6.07) is 63.6. The van der Waals surface area contributed by atoms with E-state index in [1.54, 1.807) is 0 Å². The second-order valence-electron chi connectivity index (χ2n) is 13.2. The molecule has 0 atom stereocenters. The maximum atomic E-state index is 5.13. The molecule has 8 aromatic carbocycles. The zero-order valence-corrected chi connectivity index (χ0v) is 28.3. The van der Waals surface area contributed by atoms with E-state index in [2.05, 4.69) is 185 Å². The minimum atomic E-state index is 0.931. The third-order valence-corrected chi connectivity index (χ3v) is 11.5. The molecule has 0 saturated carbocycles. The molecule has 0 amide bonds. The molecule has 0 aliphatic carbocycles. The molecule has 0 saturated heterocycles. The van der Waals surface area contributed by atoms with E-state index in [-0.39, 0.29) is 0 Å². The van der Waals surface area contributed by atoms with Crippen molar-refractivity contribution in [2.75, 3.05) is 0 Å². The average molecular weight is 668 g/mol. The number of para-hydroxylation sites is 3. The molecule has 0 N–H and O–H groups in total. The predicted molar refractivity (Wildman–Crippen MR) is 217 cm³/mol. The van der Waals surface area contributed by atoms with Gasteiger partial charge in [-0.3, -0.25) is 4.57 Å². The highest BCUT2D eigenvalue weighted by Gasteiger charge is 2.19. The Bertz CT molecular complexity index is 3130. The van der Waals surface area contributed by atoms with Crippen LogP contribution < -0.4 is 0 Å². The highest BCUT2D eigenvalue weighted by atomic mass is 32.1. The fraction of sp³-hybridized carbons (Fsp3) is 0. The summed E-state index contributed by atoms with van der Waals surface area (Å²) in [5, 5.41) is 7.69. The first kappa shape index (κ1) is 28.4. The van der Waals surface area contributed by atoms with E-state index in [9.17, 15) is 0 Å². The van der Waals surface area contributed by atoms with Crippen molar-refractivity contribution in [2.24, 2.45) is 0 Å². The lowest BCUT2D eigenvalue weighted by atomic mass is 10.00. The van der Waals surface area contributed by atoms with Crippen LogP contribution in [0, 0.1) is 0 Å². The van der Waals surface area contributed by atoms with E-state index in [1.165, 1.54) is 63.9 Å². The zero-order valence-electron chi connectivity index (χ0n) is 27.5. The van der Waals surface area contributed by atoms with Crippen LogP contribution in [-0.4, -0.2) is 14.1 Å². The first-order valence-electron chi connectivity index (χ1n) is 17.3. The maximum absolute atomic E-state index is 5.13. The molecular weight excluding hydrogens is 639 g/mol. The zero-order chi connectivity index (χ0) is 33.5. The van der Waals surface area contributed by atoms with Gasteiger partial charge in [0.05, 0.1) is 22.1 Å². The van der Waals surface area contributed by atoms with Gasteiger partial charge in [-0.1, -0.05) is 109 Å². The van der Waals surface area contributed by atoms with Crippen molar-refractivity contribution in [3.05, 3.63) is 176 Å². The van der Waals surface area contributed by atoms with E-state index >= 15 is 0 Å². The summed E-state index contributed by atoms with van der Waals surface area (Å²) < 4.78 is 7.35. The van der Waals surface area contributed by atoms with E-state index < -0.39 is 0 Å². The number of nitrogens with zero attached hydrogens (tertiary/aromatic N) is 3. The number of aromatic nitrogens is 3. The van der Waals surface area contributed by atoms with Crippen molar-refractivity contribution in [1.82, 2.24) is 14.1 Å². The lowest BCUT2D eigenvalue weighted by molar-refractivity contribution is 1.10. The quantitative estimate of drug-likeness (QED) is 0.183. The van der Waals surface area contributed by atoms with Crippen LogP contribution in [0.2, 0.25) is 0 Å². The molecule has 11 rings (SSSR count). The van der Waals surface area contributed by atoms with Gasteiger partial charge in [-0.15, -0.1) is 11.3 Å². The van der Waals surface area contributed by atoms with Crippen LogP contribution in [0.3, 0.4) is 0 Å². The Morgan fingerprint density at radius 2 is 1.16 bits per heavy atom. The van der Waals surface area contributed by atoms with Gasteiger partial charge in [-0.2, -0.15) is 0 Å². The van der Waals surface area contributed by atoms with Crippen molar-refractivity contribution in [3.63, 3.8) is 0 Å². The highest BCUT2D eigenvalue weighted by Crippen LogP contribution is 2.43. The number of thiophene rings is 1. The molecule has 238 valence electrons. The average Bonchev–Trinajstić information content (AvgIpc) is 3.88. The standard InChI is InChI=1S/C47H29N3S/c1-2-12-33(13-3-1)50-41-19-8-7-18-40(41)48-47(50)31-21-25-34(26-22-31)49-42-28-24-30-11-4-5-14-35(30)45(42)39-27-23-32(29-43(39)49)36-16-10-17-38-37-15-6-9-20-44(37)51-46(36)38/h1-29H. The van der Waals surface area contributed by atoms with E-state index in [0.29, 0.717) is 0 Å². The van der Waals surface area contributed by atoms with Crippen molar-refractivity contribution in [2.45, 2.75) is 0 Å². The molecule has 0 bridgehead atoms. The van der Waals surface area contributed by atoms with Gasteiger partial charge in [-0.25, -0.2) is 4.98 Å². The smallest absolute Gasteiger partial charge is 0.145 e. The summed E-state index contributed by atoms with van der Waals surface area (Å²) in [6.45, 7) is 0.